The van der Waals surface area contributed by atoms with Gasteiger partial charge in [-0.25, -0.2) is 0 Å². The number of ether oxygens (including phenoxy) is 1. The molecule has 34 heavy (non-hydrogen) atoms. The zero-order chi connectivity index (χ0) is 24.9. The second-order valence-electron chi connectivity index (χ2n) is 6.92. The van der Waals surface area contributed by atoms with Crippen LogP contribution < -0.4 is 10.1 Å². The predicted octanol–water partition coefficient (Wildman–Crippen LogP) is 7.79. The zero-order valence-corrected chi connectivity index (χ0v) is 19.4. The van der Waals surface area contributed by atoms with Crippen LogP contribution in [0.4, 0.5) is 18.9 Å². The van der Waals surface area contributed by atoms with E-state index in [9.17, 15) is 23.2 Å². The van der Waals surface area contributed by atoms with Gasteiger partial charge in [-0.05, 0) is 54.1 Å². The van der Waals surface area contributed by atoms with E-state index < -0.39 is 17.6 Å². The Hall–Kier alpha value is -3.18. The number of halogens is 6. The highest BCUT2D eigenvalue weighted by Crippen LogP contribution is 2.31. The molecule has 10 heteroatoms. The summed E-state index contributed by atoms with van der Waals surface area (Å²) in [6, 6.07) is 15.4. The molecule has 0 saturated carbocycles. The fraction of sp³-hybridized carbons (Fsp3) is 0.0833. The molecule has 0 radical (unpaired) electrons. The summed E-state index contributed by atoms with van der Waals surface area (Å²) in [6.45, 7) is 0.133. The van der Waals surface area contributed by atoms with Crippen molar-refractivity contribution in [2.75, 3.05) is 5.32 Å². The van der Waals surface area contributed by atoms with Crippen LogP contribution in [0.25, 0.3) is 6.08 Å². The van der Waals surface area contributed by atoms with E-state index in [2.05, 4.69) is 5.32 Å². The SMILES string of the molecule is N#C/C(=C\c1ccc(OCc2ccc(Cl)cc2Cl)c(Cl)c1)C(=O)Nc1cccc(C(F)(F)F)c1. The van der Waals surface area contributed by atoms with E-state index in [1.807, 2.05) is 0 Å². The molecule has 3 aromatic rings. The van der Waals surface area contributed by atoms with E-state index in [1.165, 1.54) is 18.2 Å². The number of benzene rings is 3. The monoisotopic (exact) mass is 524 g/mol. The van der Waals surface area contributed by atoms with Gasteiger partial charge in [0.15, 0.2) is 0 Å². The van der Waals surface area contributed by atoms with E-state index in [-0.39, 0.29) is 22.9 Å². The lowest BCUT2D eigenvalue weighted by Gasteiger charge is -2.11. The van der Waals surface area contributed by atoms with Crippen LogP contribution in [0.3, 0.4) is 0 Å². The molecule has 0 aliphatic rings. The number of amides is 1. The highest BCUT2D eigenvalue weighted by molar-refractivity contribution is 6.35. The lowest BCUT2D eigenvalue weighted by atomic mass is 10.1. The quantitative estimate of drug-likeness (QED) is 0.264. The van der Waals surface area contributed by atoms with Crippen molar-refractivity contribution in [3.63, 3.8) is 0 Å². The Morgan fingerprint density at radius 2 is 1.79 bits per heavy atom. The van der Waals surface area contributed by atoms with Crippen molar-refractivity contribution in [2.24, 2.45) is 0 Å². The van der Waals surface area contributed by atoms with Gasteiger partial charge in [-0.15, -0.1) is 0 Å². The molecule has 4 nitrogen and oxygen atoms in total. The molecular formula is C24H14Cl3F3N2O2. The standard InChI is InChI=1S/C24H14Cl3F3N2O2/c25-18-6-5-15(20(26)11-18)13-34-22-7-4-14(9-21(22)27)8-16(12-31)23(33)32-19-3-1-2-17(10-19)24(28,29)30/h1-11H,13H2,(H,32,33)/b16-8+. The van der Waals surface area contributed by atoms with Crippen molar-refractivity contribution in [3.05, 3.63) is 98.0 Å². The van der Waals surface area contributed by atoms with E-state index in [1.54, 1.807) is 36.4 Å². The van der Waals surface area contributed by atoms with Gasteiger partial charge in [-0.2, -0.15) is 18.4 Å². The fourth-order valence-corrected chi connectivity index (χ4v) is 3.51. The first kappa shape index (κ1) is 25.4. The lowest BCUT2D eigenvalue weighted by Crippen LogP contribution is -2.14. The first-order valence-corrected chi connectivity index (χ1v) is 10.7. The second-order valence-corrected chi connectivity index (χ2v) is 8.17. The Balaban J connectivity index is 1.72. The number of rotatable bonds is 6. The summed E-state index contributed by atoms with van der Waals surface area (Å²) in [5.41, 5.74) is -0.226. The smallest absolute Gasteiger partial charge is 0.416 e. The number of carbonyl (C=O) groups is 1. The molecule has 0 unspecified atom stereocenters. The molecule has 0 saturated heterocycles. The van der Waals surface area contributed by atoms with Gasteiger partial charge in [0.25, 0.3) is 5.91 Å². The lowest BCUT2D eigenvalue weighted by molar-refractivity contribution is -0.137. The summed E-state index contributed by atoms with van der Waals surface area (Å²) < 4.78 is 44.3. The molecule has 0 fully saturated rings. The topological polar surface area (TPSA) is 62.1 Å². The van der Waals surface area contributed by atoms with Gasteiger partial charge >= 0.3 is 6.18 Å². The first-order valence-electron chi connectivity index (χ1n) is 9.53. The van der Waals surface area contributed by atoms with Crippen molar-refractivity contribution in [2.45, 2.75) is 12.8 Å². The molecule has 0 aliphatic carbocycles. The van der Waals surface area contributed by atoms with Crippen molar-refractivity contribution in [3.8, 4) is 11.8 Å². The van der Waals surface area contributed by atoms with E-state index in [4.69, 9.17) is 39.5 Å². The Morgan fingerprint density at radius 3 is 2.44 bits per heavy atom. The number of nitriles is 1. The van der Waals surface area contributed by atoms with Crippen LogP contribution in [0.15, 0.2) is 66.2 Å². The maximum atomic E-state index is 12.9. The maximum absolute atomic E-state index is 12.9. The van der Waals surface area contributed by atoms with Gasteiger partial charge < -0.3 is 10.1 Å². The van der Waals surface area contributed by atoms with E-state index >= 15 is 0 Å². The van der Waals surface area contributed by atoms with Crippen LogP contribution in [-0.2, 0) is 17.6 Å². The third-order valence-electron chi connectivity index (χ3n) is 4.48. The van der Waals surface area contributed by atoms with Crippen molar-refractivity contribution in [1.29, 1.82) is 5.26 Å². The van der Waals surface area contributed by atoms with Crippen LogP contribution >= 0.6 is 34.8 Å². The average molecular weight is 526 g/mol. The molecular weight excluding hydrogens is 512 g/mol. The summed E-state index contributed by atoms with van der Waals surface area (Å²) in [7, 11) is 0. The molecule has 0 spiro atoms. The number of carbonyl (C=O) groups excluding carboxylic acids is 1. The van der Waals surface area contributed by atoms with Crippen LogP contribution in [-0.4, -0.2) is 5.91 Å². The highest BCUT2D eigenvalue weighted by atomic mass is 35.5. The number of hydrogen-bond donors (Lipinski definition) is 1. The molecule has 1 amide bonds. The number of hydrogen-bond acceptors (Lipinski definition) is 3. The van der Waals surface area contributed by atoms with E-state index in [0.717, 1.165) is 18.2 Å². The largest absolute Gasteiger partial charge is 0.487 e. The van der Waals surface area contributed by atoms with Gasteiger partial charge in [-0.1, -0.05) is 53.0 Å². The summed E-state index contributed by atoms with van der Waals surface area (Å²) in [4.78, 5) is 12.4. The molecule has 0 aromatic heterocycles. The Labute approximate surface area is 208 Å². The average Bonchev–Trinajstić information content (AvgIpc) is 2.77. The summed E-state index contributed by atoms with van der Waals surface area (Å²) in [5.74, 6) is -0.521. The molecule has 3 aromatic carbocycles. The van der Waals surface area contributed by atoms with Crippen LogP contribution in [0.2, 0.25) is 15.1 Å². The number of nitrogens with one attached hydrogen (secondary N) is 1. The first-order chi connectivity index (χ1) is 16.1. The summed E-state index contributed by atoms with van der Waals surface area (Å²) in [6.07, 6.45) is -3.30. The molecule has 3 rings (SSSR count). The van der Waals surface area contributed by atoms with E-state index in [0.29, 0.717) is 26.9 Å². The van der Waals surface area contributed by atoms with Gasteiger partial charge in [-0.3, -0.25) is 4.79 Å². The normalized spacial score (nSPS) is 11.6. The third kappa shape index (κ3) is 6.67. The predicted molar refractivity (Wildman–Crippen MR) is 126 cm³/mol. The third-order valence-corrected chi connectivity index (χ3v) is 5.36. The van der Waals surface area contributed by atoms with Gasteiger partial charge in [0.1, 0.15) is 24.0 Å². The minimum Gasteiger partial charge on any atom is -0.487 e. The van der Waals surface area contributed by atoms with Gasteiger partial charge in [0, 0.05) is 21.3 Å². The minimum atomic E-state index is -4.56. The minimum absolute atomic E-state index is 0.0939. The molecule has 0 atom stereocenters. The Bertz CT molecular complexity index is 1300. The molecule has 174 valence electrons. The Morgan fingerprint density at radius 1 is 1.03 bits per heavy atom. The number of alkyl halides is 3. The fourth-order valence-electron chi connectivity index (χ4n) is 2.81. The molecule has 0 aliphatic heterocycles. The van der Waals surface area contributed by atoms with Crippen LogP contribution in [0, 0.1) is 11.3 Å². The zero-order valence-electron chi connectivity index (χ0n) is 17.1. The number of nitrogens with zero attached hydrogens (tertiary/aromatic N) is 1. The molecule has 1 N–H and O–H groups in total. The van der Waals surface area contributed by atoms with Crippen molar-refractivity contribution < 1.29 is 22.7 Å². The maximum Gasteiger partial charge on any atom is 0.416 e. The summed E-state index contributed by atoms with van der Waals surface area (Å²) >= 11 is 18.3. The van der Waals surface area contributed by atoms with Gasteiger partial charge in [0.2, 0.25) is 0 Å². The van der Waals surface area contributed by atoms with Crippen LogP contribution in [0.1, 0.15) is 16.7 Å². The second kappa shape index (κ2) is 10.8. The highest BCUT2D eigenvalue weighted by Gasteiger charge is 2.30. The molecule has 0 bridgehead atoms. The van der Waals surface area contributed by atoms with Gasteiger partial charge in [0.05, 0.1) is 10.6 Å². The van der Waals surface area contributed by atoms with Crippen LogP contribution in [0.5, 0.6) is 5.75 Å². The van der Waals surface area contributed by atoms with Crippen molar-refractivity contribution >= 4 is 52.5 Å². The Kier molecular flexibility index (Phi) is 8.11. The van der Waals surface area contributed by atoms with Crippen molar-refractivity contribution in [1.82, 2.24) is 0 Å². The number of anilines is 1. The molecule has 0 heterocycles. The summed E-state index contributed by atoms with van der Waals surface area (Å²) in [5, 5.41) is 12.8.